The SMILES string of the molecule is CNS(=O)(=O)N(C)Cc1cccc(C)c1. The molecule has 0 bridgehead atoms. The average molecular weight is 228 g/mol. The van der Waals surface area contributed by atoms with Crippen molar-refractivity contribution < 1.29 is 8.42 Å². The third-order valence-corrected chi connectivity index (χ3v) is 3.62. The summed E-state index contributed by atoms with van der Waals surface area (Å²) in [4.78, 5) is 0. The number of nitrogens with zero attached hydrogens (tertiary/aromatic N) is 1. The maximum Gasteiger partial charge on any atom is 0.279 e. The lowest BCUT2D eigenvalue weighted by Gasteiger charge is -2.16. The van der Waals surface area contributed by atoms with Crippen LogP contribution in [0.1, 0.15) is 11.1 Å². The first-order chi connectivity index (χ1) is 6.95. The van der Waals surface area contributed by atoms with E-state index in [1.807, 2.05) is 31.2 Å². The van der Waals surface area contributed by atoms with Gasteiger partial charge < -0.3 is 0 Å². The van der Waals surface area contributed by atoms with Crippen molar-refractivity contribution in [2.24, 2.45) is 0 Å². The highest BCUT2D eigenvalue weighted by Gasteiger charge is 2.14. The molecule has 1 aromatic carbocycles. The summed E-state index contributed by atoms with van der Waals surface area (Å²) >= 11 is 0. The highest BCUT2D eigenvalue weighted by molar-refractivity contribution is 7.87. The van der Waals surface area contributed by atoms with E-state index in [1.165, 1.54) is 11.4 Å². The van der Waals surface area contributed by atoms with Gasteiger partial charge in [-0.15, -0.1) is 0 Å². The summed E-state index contributed by atoms with van der Waals surface area (Å²) < 4.78 is 26.4. The van der Waals surface area contributed by atoms with Gasteiger partial charge in [0.25, 0.3) is 10.2 Å². The molecular weight excluding hydrogens is 212 g/mol. The maximum absolute atomic E-state index is 11.4. The predicted octanol–water partition coefficient (Wildman–Crippen LogP) is 0.891. The van der Waals surface area contributed by atoms with E-state index in [2.05, 4.69) is 4.72 Å². The fourth-order valence-electron chi connectivity index (χ4n) is 1.31. The van der Waals surface area contributed by atoms with E-state index in [0.717, 1.165) is 11.1 Å². The Morgan fingerprint density at radius 1 is 1.40 bits per heavy atom. The molecule has 0 saturated carbocycles. The Morgan fingerprint density at radius 3 is 2.60 bits per heavy atom. The van der Waals surface area contributed by atoms with Crippen molar-refractivity contribution in [2.45, 2.75) is 13.5 Å². The molecule has 84 valence electrons. The van der Waals surface area contributed by atoms with Crippen LogP contribution in [-0.4, -0.2) is 26.8 Å². The van der Waals surface area contributed by atoms with Crippen molar-refractivity contribution >= 4 is 10.2 Å². The van der Waals surface area contributed by atoms with Gasteiger partial charge in [0.2, 0.25) is 0 Å². The van der Waals surface area contributed by atoms with Crippen molar-refractivity contribution in [3.05, 3.63) is 35.4 Å². The first-order valence-electron chi connectivity index (χ1n) is 4.66. The molecule has 0 saturated heterocycles. The van der Waals surface area contributed by atoms with Crippen molar-refractivity contribution in [3.8, 4) is 0 Å². The van der Waals surface area contributed by atoms with E-state index in [-0.39, 0.29) is 0 Å². The monoisotopic (exact) mass is 228 g/mol. The molecule has 0 atom stereocenters. The summed E-state index contributed by atoms with van der Waals surface area (Å²) in [7, 11) is -0.371. The van der Waals surface area contributed by atoms with Crippen LogP contribution in [0.5, 0.6) is 0 Å². The molecule has 0 spiro atoms. The van der Waals surface area contributed by atoms with Crippen molar-refractivity contribution in [1.29, 1.82) is 0 Å². The number of hydrogen-bond acceptors (Lipinski definition) is 2. The zero-order valence-electron chi connectivity index (χ0n) is 9.19. The number of hydrogen-bond donors (Lipinski definition) is 1. The van der Waals surface area contributed by atoms with E-state index in [0.29, 0.717) is 6.54 Å². The Hall–Kier alpha value is -0.910. The van der Waals surface area contributed by atoms with Crippen LogP contribution in [0.25, 0.3) is 0 Å². The van der Waals surface area contributed by atoms with Gasteiger partial charge in [-0.05, 0) is 12.5 Å². The Labute approximate surface area is 91.1 Å². The first-order valence-corrected chi connectivity index (χ1v) is 6.10. The number of nitrogens with one attached hydrogen (secondary N) is 1. The van der Waals surface area contributed by atoms with Gasteiger partial charge in [0, 0.05) is 20.6 Å². The molecule has 0 amide bonds. The summed E-state index contributed by atoms with van der Waals surface area (Å²) in [6.07, 6.45) is 0. The van der Waals surface area contributed by atoms with Gasteiger partial charge in [-0.1, -0.05) is 29.8 Å². The molecule has 1 aromatic rings. The third kappa shape index (κ3) is 3.30. The van der Waals surface area contributed by atoms with Crippen LogP contribution in [0.2, 0.25) is 0 Å². The normalized spacial score (nSPS) is 12.0. The van der Waals surface area contributed by atoms with Gasteiger partial charge in [-0.3, -0.25) is 0 Å². The van der Waals surface area contributed by atoms with E-state index < -0.39 is 10.2 Å². The molecule has 0 aliphatic rings. The molecule has 0 aliphatic heterocycles. The molecule has 0 aromatic heterocycles. The van der Waals surface area contributed by atoms with Crippen LogP contribution < -0.4 is 4.72 Å². The smallest absolute Gasteiger partial charge is 0.205 e. The highest BCUT2D eigenvalue weighted by atomic mass is 32.2. The molecule has 1 N–H and O–H groups in total. The largest absolute Gasteiger partial charge is 0.279 e. The summed E-state index contributed by atoms with van der Waals surface area (Å²) in [5.41, 5.74) is 2.11. The summed E-state index contributed by atoms with van der Waals surface area (Å²) in [5, 5.41) is 0. The quantitative estimate of drug-likeness (QED) is 0.832. The Balaban J connectivity index is 2.79. The minimum Gasteiger partial charge on any atom is -0.205 e. The molecule has 0 heterocycles. The second-order valence-electron chi connectivity index (χ2n) is 3.45. The van der Waals surface area contributed by atoms with Gasteiger partial charge in [-0.25, -0.2) is 4.72 Å². The molecule has 0 unspecified atom stereocenters. The topological polar surface area (TPSA) is 49.4 Å². The van der Waals surface area contributed by atoms with Gasteiger partial charge in [-0.2, -0.15) is 12.7 Å². The van der Waals surface area contributed by atoms with Crippen molar-refractivity contribution in [2.75, 3.05) is 14.1 Å². The van der Waals surface area contributed by atoms with Gasteiger partial charge in [0.05, 0.1) is 0 Å². The zero-order chi connectivity index (χ0) is 11.5. The van der Waals surface area contributed by atoms with Gasteiger partial charge in [0.1, 0.15) is 0 Å². The molecule has 0 aliphatic carbocycles. The Morgan fingerprint density at radius 2 is 2.07 bits per heavy atom. The maximum atomic E-state index is 11.4. The molecule has 0 radical (unpaired) electrons. The minimum atomic E-state index is -3.33. The van der Waals surface area contributed by atoms with Crippen molar-refractivity contribution in [1.82, 2.24) is 9.03 Å². The lowest BCUT2D eigenvalue weighted by molar-refractivity contribution is 0.459. The molecule has 5 heteroatoms. The van der Waals surface area contributed by atoms with Crippen LogP contribution in [-0.2, 0) is 16.8 Å². The van der Waals surface area contributed by atoms with Crippen LogP contribution in [0.4, 0.5) is 0 Å². The molecule has 0 fully saturated rings. The van der Waals surface area contributed by atoms with Gasteiger partial charge >= 0.3 is 0 Å². The molecule has 4 nitrogen and oxygen atoms in total. The van der Waals surface area contributed by atoms with Crippen LogP contribution in [0, 0.1) is 6.92 Å². The van der Waals surface area contributed by atoms with Crippen LogP contribution >= 0.6 is 0 Å². The van der Waals surface area contributed by atoms with Crippen LogP contribution in [0.3, 0.4) is 0 Å². The van der Waals surface area contributed by atoms with E-state index in [9.17, 15) is 8.42 Å². The molecule has 15 heavy (non-hydrogen) atoms. The van der Waals surface area contributed by atoms with E-state index >= 15 is 0 Å². The minimum absolute atomic E-state index is 0.380. The lowest BCUT2D eigenvalue weighted by atomic mass is 10.1. The third-order valence-electron chi connectivity index (χ3n) is 2.16. The lowest BCUT2D eigenvalue weighted by Crippen LogP contribution is -2.35. The van der Waals surface area contributed by atoms with Crippen LogP contribution in [0.15, 0.2) is 24.3 Å². The fraction of sp³-hybridized carbons (Fsp3) is 0.400. The average Bonchev–Trinajstić information content (AvgIpc) is 2.17. The summed E-state index contributed by atoms with van der Waals surface area (Å²) in [6, 6.07) is 7.79. The van der Waals surface area contributed by atoms with E-state index in [1.54, 1.807) is 7.05 Å². The predicted molar refractivity (Wildman–Crippen MR) is 60.6 cm³/mol. The first kappa shape index (κ1) is 12.2. The molecule has 1 rings (SSSR count). The Kier molecular flexibility index (Phi) is 3.84. The Bertz CT molecular complexity index is 429. The number of benzene rings is 1. The zero-order valence-corrected chi connectivity index (χ0v) is 10.0. The van der Waals surface area contributed by atoms with Crippen molar-refractivity contribution in [3.63, 3.8) is 0 Å². The second kappa shape index (κ2) is 4.74. The highest BCUT2D eigenvalue weighted by Crippen LogP contribution is 2.08. The number of aryl methyl sites for hydroxylation is 1. The second-order valence-corrected chi connectivity index (χ2v) is 5.44. The summed E-state index contributed by atoms with van der Waals surface area (Å²) in [5.74, 6) is 0. The standard InChI is InChI=1S/C10H16N2O2S/c1-9-5-4-6-10(7-9)8-12(3)15(13,14)11-2/h4-7,11H,8H2,1-3H3. The molecular formula is C10H16N2O2S. The number of rotatable bonds is 4. The fourth-order valence-corrected chi connectivity index (χ4v) is 1.94. The van der Waals surface area contributed by atoms with E-state index in [4.69, 9.17) is 0 Å². The summed E-state index contributed by atoms with van der Waals surface area (Å²) in [6.45, 7) is 2.36. The van der Waals surface area contributed by atoms with Gasteiger partial charge in [0.15, 0.2) is 0 Å².